The summed E-state index contributed by atoms with van der Waals surface area (Å²) in [5.41, 5.74) is 1.68. The van der Waals surface area contributed by atoms with Gasteiger partial charge in [-0.05, 0) is 48.6 Å². The molecule has 29 heavy (non-hydrogen) atoms. The van der Waals surface area contributed by atoms with Crippen LogP contribution in [-0.2, 0) is 4.79 Å². The maximum absolute atomic E-state index is 12.4. The summed E-state index contributed by atoms with van der Waals surface area (Å²) in [4.78, 5) is 12.4. The Hall–Kier alpha value is -3.27. The topological polar surface area (TPSA) is 47.6 Å². The summed E-state index contributed by atoms with van der Waals surface area (Å²) in [6.45, 7) is 5.29. The van der Waals surface area contributed by atoms with Gasteiger partial charge in [0, 0.05) is 17.1 Å². The first kappa shape index (κ1) is 20.5. The van der Waals surface area contributed by atoms with Crippen molar-refractivity contribution in [3.63, 3.8) is 0 Å². The molecule has 0 aliphatic heterocycles. The molecule has 0 bridgehead atoms. The summed E-state index contributed by atoms with van der Waals surface area (Å²) in [5.74, 6) is 1.25. The van der Waals surface area contributed by atoms with Crippen LogP contribution in [0.3, 0.4) is 0 Å². The zero-order valence-electron chi connectivity index (χ0n) is 17.0. The first-order chi connectivity index (χ1) is 14.2. The predicted molar refractivity (Wildman–Crippen MR) is 120 cm³/mol. The number of fused-ring (bicyclic) bond motifs is 1. The number of hydrogen-bond donors (Lipinski definition) is 1. The van der Waals surface area contributed by atoms with Crippen molar-refractivity contribution in [2.24, 2.45) is 0 Å². The Balaban J connectivity index is 1.71. The fraction of sp³-hybridized carbons (Fsp3) is 0.240. The highest BCUT2D eigenvalue weighted by Gasteiger charge is 2.07. The summed E-state index contributed by atoms with van der Waals surface area (Å²) >= 11 is 0. The maximum atomic E-state index is 12.4. The van der Waals surface area contributed by atoms with Gasteiger partial charge in [0.1, 0.15) is 0 Å². The van der Waals surface area contributed by atoms with Gasteiger partial charge in [-0.25, -0.2) is 0 Å². The first-order valence-electron chi connectivity index (χ1n) is 10.1. The van der Waals surface area contributed by atoms with Gasteiger partial charge in [0.05, 0.1) is 13.2 Å². The number of carbonyl (C=O) groups is 1. The predicted octanol–water partition coefficient (Wildman–Crippen LogP) is 6.07. The Kier molecular flexibility index (Phi) is 7.28. The molecule has 0 fully saturated rings. The van der Waals surface area contributed by atoms with Crippen molar-refractivity contribution < 1.29 is 14.3 Å². The lowest BCUT2D eigenvalue weighted by Crippen LogP contribution is -2.08. The van der Waals surface area contributed by atoms with Crippen molar-refractivity contribution in [2.75, 3.05) is 18.5 Å². The third-order valence-corrected chi connectivity index (χ3v) is 4.50. The van der Waals surface area contributed by atoms with E-state index >= 15 is 0 Å². The molecule has 0 spiro atoms. The minimum absolute atomic E-state index is 0.178. The highest BCUT2D eigenvalue weighted by atomic mass is 16.5. The van der Waals surface area contributed by atoms with E-state index in [2.05, 4.69) is 12.2 Å². The molecule has 1 N–H and O–H groups in total. The van der Waals surface area contributed by atoms with Crippen LogP contribution in [0.25, 0.3) is 16.8 Å². The Morgan fingerprint density at radius 1 is 0.966 bits per heavy atom. The van der Waals surface area contributed by atoms with Gasteiger partial charge in [-0.2, -0.15) is 0 Å². The van der Waals surface area contributed by atoms with Crippen molar-refractivity contribution in [3.05, 3.63) is 72.3 Å². The van der Waals surface area contributed by atoms with E-state index in [-0.39, 0.29) is 5.91 Å². The Labute approximate surface area is 172 Å². The summed E-state index contributed by atoms with van der Waals surface area (Å²) in [7, 11) is 0. The van der Waals surface area contributed by atoms with Crippen LogP contribution in [0.5, 0.6) is 11.5 Å². The monoisotopic (exact) mass is 389 g/mol. The molecule has 150 valence electrons. The summed E-state index contributed by atoms with van der Waals surface area (Å²) < 4.78 is 11.5. The number of rotatable bonds is 9. The van der Waals surface area contributed by atoms with Gasteiger partial charge in [-0.3, -0.25) is 4.79 Å². The van der Waals surface area contributed by atoms with E-state index in [1.54, 1.807) is 6.08 Å². The fourth-order valence-corrected chi connectivity index (χ4v) is 3.02. The lowest BCUT2D eigenvalue weighted by Gasteiger charge is -2.12. The molecule has 0 atom stereocenters. The van der Waals surface area contributed by atoms with Crippen molar-refractivity contribution >= 4 is 28.4 Å². The van der Waals surface area contributed by atoms with E-state index in [1.165, 1.54) is 6.08 Å². The van der Waals surface area contributed by atoms with Crippen LogP contribution in [0.1, 0.15) is 32.3 Å². The number of anilines is 1. The van der Waals surface area contributed by atoms with Crippen LogP contribution in [0, 0.1) is 0 Å². The number of unbranched alkanes of at least 4 members (excludes halogenated alkanes) is 1. The Morgan fingerprint density at radius 2 is 1.79 bits per heavy atom. The number of ether oxygens (including phenoxy) is 2. The molecule has 0 aliphatic carbocycles. The van der Waals surface area contributed by atoms with Crippen LogP contribution in [0.15, 0.2) is 66.7 Å². The average Bonchev–Trinajstić information content (AvgIpc) is 2.74. The van der Waals surface area contributed by atoms with Crippen molar-refractivity contribution in [3.8, 4) is 11.5 Å². The van der Waals surface area contributed by atoms with Gasteiger partial charge in [0.2, 0.25) is 5.91 Å². The molecule has 3 aromatic carbocycles. The third-order valence-electron chi connectivity index (χ3n) is 4.50. The minimum atomic E-state index is -0.178. The third kappa shape index (κ3) is 5.61. The molecular formula is C25H27NO3. The average molecular weight is 389 g/mol. The van der Waals surface area contributed by atoms with E-state index in [9.17, 15) is 4.79 Å². The molecule has 4 heteroatoms. The molecule has 3 aromatic rings. The Bertz CT molecular complexity index is 989. The molecular weight excluding hydrogens is 362 g/mol. The van der Waals surface area contributed by atoms with Crippen molar-refractivity contribution in [1.29, 1.82) is 0 Å². The van der Waals surface area contributed by atoms with E-state index in [1.807, 2.05) is 67.6 Å². The van der Waals surface area contributed by atoms with E-state index in [4.69, 9.17) is 9.47 Å². The van der Waals surface area contributed by atoms with Gasteiger partial charge in [-0.15, -0.1) is 0 Å². The maximum Gasteiger partial charge on any atom is 0.248 e. The molecule has 0 unspecified atom stereocenters. The van der Waals surface area contributed by atoms with Crippen LogP contribution in [-0.4, -0.2) is 19.1 Å². The summed E-state index contributed by atoms with van der Waals surface area (Å²) in [5, 5.41) is 5.07. The standard InChI is InChI=1S/C25H27NO3/c1-3-5-17-29-23-15-13-19(18-24(23)28-4-2)14-16-25(27)26-22-12-8-10-20-9-6-7-11-21(20)22/h6-16,18H,3-5,17H2,1-2H3,(H,26,27)/b16-14+. The molecule has 4 nitrogen and oxygen atoms in total. The van der Waals surface area contributed by atoms with Crippen LogP contribution in [0.4, 0.5) is 5.69 Å². The molecule has 1 amide bonds. The van der Waals surface area contributed by atoms with Gasteiger partial charge < -0.3 is 14.8 Å². The lowest BCUT2D eigenvalue weighted by molar-refractivity contribution is -0.111. The highest BCUT2D eigenvalue weighted by molar-refractivity contribution is 6.07. The fourth-order valence-electron chi connectivity index (χ4n) is 3.02. The number of hydrogen-bond acceptors (Lipinski definition) is 3. The molecule has 3 rings (SSSR count). The number of benzene rings is 3. The molecule has 0 aromatic heterocycles. The minimum Gasteiger partial charge on any atom is -0.490 e. The molecule has 0 heterocycles. The van der Waals surface area contributed by atoms with Crippen LogP contribution < -0.4 is 14.8 Å². The first-order valence-corrected chi connectivity index (χ1v) is 10.1. The smallest absolute Gasteiger partial charge is 0.248 e. The van der Waals surface area contributed by atoms with Gasteiger partial charge in [-0.1, -0.05) is 55.8 Å². The number of carbonyl (C=O) groups excluding carboxylic acids is 1. The number of amides is 1. The van der Waals surface area contributed by atoms with Crippen LogP contribution in [0.2, 0.25) is 0 Å². The van der Waals surface area contributed by atoms with E-state index in [0.717, 1.165) is 40.6 Å². The molecule has 0 saturated carbocycles. The quantitative estimate of drug-likeness (QED) is 0.357. The van der Waals surface area contributed by atoms with Crippen molar-refractivity contribution in [2.45, 2.75) is 26.7 Å². The van der Waals surface area contributed by atoms with Gasteiger partial charge >= 0.3 is 0 Å². The second-order valence-corrected chi connectivity index (χ2v) is 6.69. The summed E-state index contributed by atoms with van der Waals surface area (Å²) in [6, 6.07) is 19.6. The van der Waals surface area contributed by atoms with Gasteiger partial charge in [0.15, 0.2) is 11.5 Å². The number of nitrogens with one attached hydrogen (secondary N) is 1. The molecule has 0 aliphatic rings. The Morgan fingerprint density at radius 3 is 2.62 bits per heavy atom. The second-order valence-electron chi connectivity index (χ2n) is 6.69. The zero-order valence-corrected chi connectivity index (χ0v) is 17.0. The highest BCUT2D eigenvalue weighted by Crippen LogP contribution is 2.29. The SMILES string of the molecule is CCCCOc1ccc(/C=C/C(=O)Nc2cccc3ccccc23)cc1OCC. The molecule has 0 saturated heterocycles. The largest absolute Gasteiger partial charge is 0.490 e. The summed E-state index contributed by atoms with van der Waals surface area (Å²) in [6.07, 6.45) is 5.39. The van der Waals surface area contributed by atoms with Gasteiger partial charge in [0.25, 0.3) is 0 Å². The zero-order chi connectivity index (χ0) is 20.5. The van der Waals surface area contributed by atoms with E-state index < -0.39 is 0 Å². The normalized spacial score (nSPS) is 11.0. The van der Waals surface area contributed by atoms with Crippen molar-refractivity contribution in [1.82, 2.24) is 0 Å². The van der Waals surface area contributed by atoms with Crippen LogP contribution >= 0.6 is 0 Å². The van der Waals surface area contributed by atoms with E-state index in [0.29, 0.717) is 19.0 Å². The molecule has 0 radical (unpaired) electrons. The second kappa shape index (κ2) is 10.3. The lowest BCUT2D eigenvalue weighted by atomic mass is 10.1.